The summed E-state index contributed by atoms with van der Waals surface area (Å²) >= 11 is 4.93. The second-order valence-corrected chi connectivity index (χ2v) is 8.12. The van der Waals surface area contributed by atoms with Crippen LogP contribution in [0.1, 0.15) is 11.1 Å². The van der Waals surface area contributed by atoms with Gasteiger partial charge in [-0.3, -0.25) is 0 Å². The molecule has 3 rings (SSSR count). The van der Waals surface area contributed by atoms with Crippen LogP contribution in [0.2, 0.25) is 0 Å². The Hall–Kier alpha value is -2.13. The predicted octanol–water partition coefficient (Wildman–Crippen LogP) is 5.66. The lowest BCUT2D eigenvalue weighted by molar-refractivity contribution is 0.377. The van der Waals surface area contributed by atoms with Crippen molar-refractivity contribution in [3.63, 3.8) is 0 Å². The van der Waals surface area contributed by atoms with E-state index in [0.717, 1.165) is 0 Å². The second-order valence-electron chi connectivity index (χ2n) is 5.43. The van der Waals surface area contributed by atoms with E-state index < -0.39 is 6.72 Å². The summed E-state index contributed by atoms with van der Waals surface area (Å²) in [4.78, 5) is 9.90. The van der Waals surface area contributed by atoms with Crippen molar-refractivity contribution >= 4 is 18.5 Å². The number of hydrogen-bond acceptors (Lipinski definition) is 3. The van der Waals surface area contributed by atoms with E-state index in [4.69, 9.17) is 20.9 Å². The van der Waals surface area contributed by atoms with Crippen LogP contribution in [0.3, 0.4) is 0 Å². The molecule has 0 amide bonds. The lowest BCUT2D eigenvalue weighted by atomic mass is 10.2. The van der Waals surface area contributed by atoms with Crippen LogP contribution in [0.25, 0.3) is 0 Å². The van der Waals surface area contributed by atoms with Gasteiger partial charge in [-0.2, -0.15) is 0 Å². The van der Waals surface area contributed by atoms with Crippen LogP contribution in [0.15, 0.2) is 84.9 Å². The maximum absolute atomic E-state index is 9.90. The quantitative estimate of drug-likeness (QED) is 0.599. The zero-order valence-electron chi connectivity index (χ0n) is 14.2. The summed E-state index contributed by atoms with van der Waals surface area (Å²) in [7, 11) is 0. The molecule has 0 aliphatic rings. The standard InChI is InChI=1S/C12H11O3PS.C8H10/c13-16(17,14-11-7-3-1-4-8-11)15-12-9-5-2-6-10-12;1-7-3-5-8(2)6-4-7/h1-10H,(H,13,17);3-6H,1-2H3. The molecule has 25 heavy (non-hydrogen) atoms. The van der Waals surface area contributed by atoms with Crippen molar-refractivity contribution in [2.75, 3.05) is 0 Å². The van der Waals surface area contributed by atoms with Gasteiger partial charge in [-0.15, -0.1) is 0 Å². The van der Waals surface area contributed by atoms with Gasteiger partial charge in [0.15, 0.2) is 0 Å². The fourth-order valence-corrected chi connectivity index (χ4v) is 3.21. The predicted molar refractivity (Wildman–Crippen MR) is 107 cm³/mol. The minimum Gasteiger partial charge on any atom is -0.416 e. The highest BCUT2D eigenvalue weighted by Gasteiger charge is 2.18. The average molecular weight is 372 g/mol. The summed E-state index contributed by atoms with van der Waals surface area (Å²) in [6.07, 6.45) is 0. The minimum absolute atomic E-state index is 0.495. The number of hydrogen-bond donors (Lipinski definition) is 1. The fourth-order valence-electron chi connectivity index (χ4n) is 1.88. The zero-order valence-corrected chi connectivity index (χ0v) is 15.9. The molecule has 3 nitrogen and oxygen atoms in total. The van der Waals surface area contributed by atoms with Crippen molar-refractivity contribution in [1.29, 1.82) is 0 Å². The highest BCUT2D eigenvalue weighted by atomic mass is 32.5. The summed E-state index contributed by atoms with van der Waals surface area (Å²) < 4.78 is 10.5. The SMILES string of the molecule is Cc1ccc(C)cc1.OP(=S)(Oc1ccccc1)Oc1ccccc1. The van der Waals surface area contributed by atoms with E-state index in [1.54, 1.807) is 48.5 Å². The largest absolute Gasteiger partial charge is 0.432 e. The highest BCUT2D eigenvalue weighted by Crippen LogP contribution is 2.44. The van der Waals surface area contributed by atoms with Crippen LogP contribution in [-0.2, 0) is 11.8 Å². The van der Waals surface area contributed by atoms with E-state index in [9.17, 15) is 4.89 Å². The summed E-state index contributed by atoms with van der Waals surface area (Å²) in [6, 6.07) is 26.2. The van der Waals surface area contributed by atoms with Crippen molar-refractivity contribution in [2.45, 2.75) is 13.8 Å². The van der Waals surface area contributed by atoms with Crippen molar-refractivity contribution < 1.29 is 13.9 Å². The van der Waals surface area contributed by atoms with Crippen LogP contribution in [0, 0.1) is 13.8 Å². The first-order valence-corrected chi connectivity index (χ1v) is 10.4. The van der Waals surface area contributed by atoms with Gasteiger partial charge >= 0.3 is 6.72 Å². The molecule has 0 aliphatic heterocycles. The zero-order chi connectivity index (χ0) is 18.1. The normalized spacial score (nSPS) is 10.4. The monoisotopic (exact) mass is 372 g/mol. The summed E-state index contributed by atoms with van der Waals surface area (Å²) in [5, 5.41) is 0. The number of para-hydroxylation sites is 2. The van der Waals surface area contributed by atoms with E-state index in [1.807, 2.05) is 12.1 Å². The van der Waals surface area contributed by atoms with E-state index in [0.29, 0.717) is 11.5 Å². The van der Waals surface area contributed by atoms with Gasteiger partial charge in [0.25, 0.3) is 0 Å². The minimum atomic E-state index is -3.30. The van der Waals surface area contributed by atoms with Crippen molar-refractivity contribution in [1.82, 2.24) is 0 Å². The lowest BCUT2D eigenvalue weighted by Gasteiger charge is -2.17. The maximum atomic E-state index is 9.90. The molecule has 0 fully saturated rings. The smallest absolute Gasteiger partial charge is 0.416 e. The molecule has 0 atom stereocenters. The van der Waals surface area contributed by atoms with Crippen LogP contribution in [-0.4, -0.2) is 4.89 Å². The van der Waals surface area contributed by atoms with Gasteiger partial charge in [-0.25, -0.2) is 0 Å². The van der Waals surface area contributed by atoms with Crippen LogP contribution in [0.5, 0.6) is 11.5 Å². The molecule has 0 spiro atoms. The average Bonchev–Trinajstić information content (AvgIpc) is 2.59. The number of aryl methyl sites for hydroxylation is 2. The molecule has 0 radical (unpaired) electrons. The Morgan fingerprint density at radius 1 is 0.640 bits per heavy atom. The van der Waals surface area contributed by atoms with Gasteiger partial charge in [-0.1, -0.05) is 71.8 Å². The molecule has 0 saturated carbocycles. The first-order valence-electron chi connectivity index (χ1n) is 7.80. The van der Waals surface area contributed by atoms with E-state index in [1.165, 1.54) is 11.1 Å². The van der Waals surface area contributed by atoms with Gasteiger partial charge in [0.2, 0.25) is 0 Å². The Balaban J connectivity index is 0.000000236. The van der Waals surface area contributed by atoms with Gasteiger partial charge in [0, 0.05) is 11.8 Å². The molecule has 130 valence electrons. The number of benzene rings is 3. The highest BCUT2D eigenvalue weighted by molar-refractivity contribution is 8.07. The first-order chi connectivity index (χ1) is 11.9. The molecule has 0 bridgehead atoms. The van der Waals surface area contributed by atoms with Crippen LogP contribution >= 0.6 is 6.72 Å². The third-order valence-electron chi connectivity index (χ3n) is 3.15. The van der Waals surface area contributed by atoms with Gasteiger partial charge in [0.1, 0.15) is 11.5 Å². The van der Waals surface area contributed by atoms with E-state index in [2.05, 4.69) is 38.1 Å². The molecule has 0 unspecified atom stereocenters. The third-order valence-corrected chi connectivity index (χ3v) is 4.48. The Kier molecular flexibility index (Phi) is 7.20. The Morgan fingerprint density at radius 2 is 0.960 bits per heavy atom. The Morgan fingerprint density at radius 3 is 1.28 bits per heavy atom. The first kappa shape index (κ1) is 19.2. The summed E-state index contributed by atoms with van der Waals surface area (Å²) in [5.74, 6) is 0.989. The van der Waals surface area contributed by atoms with E-state index >= 15 is 0 Å². The Bertz CT molecular complexity index is 739. The van der Waals surface area contributed by atoms with Gasteiger partial charge in [-0.05, 0) is 38.1 Å². The summed E-state index contributed by atoms with van der Waals surface area (Å²) in [6.45, 7) is 0.890. The second kappa shape index (κ2) is 9.38. The summed E-state index contributed by atoms with van der Waals surface area (Å²) in [5.41, 5.74) is 2.66. The Labute approximate surface area is 154 Å². The molecule has 3 aromatic carbocycles. The van der Waals surface area contributed by atoms with Gasteiger partial charge in [0.05, 0.1) is 0 Å². The molecular weight excluding hydrogens is 351 g/mol. The van der Waals surface area contributed by atoms with Gasteiger partial charge < -0.3 is 13.9 Å². The maximum Gasteiger partial charge on any atom is 0.432 e. The van der Waals surface area contributed by atoms with E-state index in [-0.39, 0.29) is 0 Å². The molecule has 1 N–H and O–H groups in total. The lowest BCUT2D eigenvalue weighted by Crippen LogP contribution is -1.99. The molecule has 5 heteroatoms. The third kappa shape index (κ3) is 7.53. The van der Waals surface area contributed by atoms with Crippen LogP contribution in [0.4, 0.5) is 0 Å². The number of rotatable bonds is 4. The topological polar surface area (TPSA) is 38.7 Å². The molecule has 3 aromatic rings. The molecule has 0 aliphatic carbocycles. The van der Waals surface area contributed by atoms with Crippen LogP contribution < -0.4 is 9.05 Å². The molecule has 0 saturated heterocycles. The van der Waals surface area contributed by atoms with Crippen molar-refractivity contribution in [2.24, 2.45) is 0 Å². The molecular formula is C20H21O3PS. The fraction of sp³-hybridized carbons (Fsp3) is 0.100. The molecule has 0 aromatic heterocycles. The van der Waals surface area contributed by atoms with Crippen molar-refractivity contribution in [3.8, 4) is 11.5 Å². The molecule has 0 heterocycles. The van der Waals surface area contributed by atoms with Crippen molar-refractivity contribution in [3.05, 3.63) is 96.1 Å².